The van der Waals surface area contributed by atoms with E-state index in [1.165, 1.54) is 77.2 Å². The molecular weight excluding hydrogens is 206 g/mol. The van der Waals surface area contributed by atoms with Gasteiger partial charge < -0.3 is 5.32 Å². The minimum atomic E-state index is 0.868. The molecule has 0 amide bonds. The zero-order valence-corrected chi connectivity index (χ0v) is 11.7. The fourth-order valence-corrected chi connectivity index (χ4v) is 3.68. The van der Waals surface area contributed by atoms with Gasteiger partial charge in [0.1, 0.15) is 0 Å². The van der Waals surface area contributed by atoms with Crippen LogP contribution in [0.2, 0.25) is 0 Å². The summed E-state index contributed by atoms with van der Waals surface area (Å²) in [5, 5.41) is 3.81. The molecule has 2 rings (SSSR count). The minimum Gasteiger partial charge on any atom is -0.314 e. The van der Waals surface area contributed by atoms with Crippen molar-refractivity contribution < 1.29 is 0 Å². The van der Waals surface area contributed by atoms with E-state index in [4.69, 9.17) is 0 Å². The lowest BCUT2D eigenvalue weighted by Crippen LogP contribution is -2.32. The molecule has 0 saturated heterocycles. The predicted molar refractivity (Wildman–Crippen MR) is 75.2 cm³/mol. The van der Waals surface area contributed by atoms with Crippen molar-refractivity contribution >= 4 is 0 Å². The van der Waals surface area contributed by atoms with Crippen LogP contribution in [0.5, 0.6) is 0 Å². The summed E-state index contributed by atoms with van der Waals surface area (Å²) in [5.74, 6) is 2.06. The lowest BCUT2D eigenvalue weighted by molar-refractivity contribution is 0.248. The summed E-state index contributed by atoms with van der Waals surface area (Å²) in [6.07, 6.45) is 16.1. The highest BCUT2D eigenvalue weighted by molar-refractivity contribution is 4.78. The lowest BCUT2D eigenvalue weighted by Gasteiger charge is -2.29. The topological polar surface area (TPSA) is 12.0 Å². The molecule has 0 heterocycles. The highest BCUT2D eigenvalue weighted by Gasteiger charge is 2.22. The van der Waals surface area contributed by atoms with Gasteiger partial charge in [-0.05, 0) is 44.1 Å². The van der Waals surface area contributed by atoms with Gasteiger partial charge in [-0.2, -0.15) is 0 Å². The third-order valence-electron chi connectivity index (χ3n) is 4.98. The van der Waals surface area contributed by atoms with Gasteiger partial charge in [0.25, 0.3) is 0 Å². The van der Waals surface area contributed by atoms with Crippen LogP contribution >= 0.6 is 0 Å². The van der Waals surface area contributed by atoms with Crippen LogP contribution in [-0.4, -0.2) is 12.6 Å². The highest BCUT2D eigenvalue weighted by atomic mass is 14.9. The summed E-state index contributed by atoms with van der Waals surface area (Å²) >= 11 is 0. The molecular formula is C16H31N. The first-order valence-corrected chi connectivity index (χ1v) is 8.12. The number of nitrogens with one attached hydrogen (secondary N) is 1. The van der Waals surface area contributed by atoms with E-state index in [0.29, 0.717) is 0 Å². The van der Waals surface area contributed by atoms with Crippen molar-refractivity contribution in [3.63, 3.8) is 0 Å². The van der Waals surface area contributed by atoms with Crippen LogP contribution in [-0.2, 0) is 0 Å². The molecule has 0 aromatic carbocycles. The molecule has 0 aromatic rings. The molecule has 2 aliphatic rings. The summed E-state index contributed by atoms with van der Waals surface area (Å²) in [7, 11) is 0. The molecule has 100 valence electrons. The first-order valence-electron chi connectivity index (χ1n) is 8.12. The van der Waals surface area contributed by atoms with E-state index >= 15 is 0 Å². The Hall–Kier alpha value is -0.0400. The van der Waals surface area contributed by atoms with Crippen LogP contribution in [0.15, 0.2) is 0 Å². The van der Waals surface area contributed by atoms with Crippen LogP contribution < -0.4 is 5.32 Å². The first kappa shape index (κ1) is 13.4. The maximum atomic E-state index is 3.81. The summed E-state index contributed by atoms with van der Waals surface area (Å²) in [5.41, 5.74) is 0. The Morgan fingerprint density at radius 2 is 1.53 bits per heavy atom. The molecule has 2 saturated carbocycles. The van der Waals surface area contributed by atoms with E-state index in [2.05, 4.69) is 12.2 Å². The molecule has 1 N–H and O–H groups in total. The maximum absolute atomic E-state index is 3.81. The maximum Gasteiger partial charge on any atom is 0.00671 e. The Morgan fingerprint density at radius 1 is 0.882 bits per heavy atom. The average molecular weight is 237 g/mol. The molecule has 1 heteroatoms. The molecule has 0 bridgehead atoms. The van der Waals surface area contributed by atoms with Gasteiger partial charge in [-0.1, -0.05) is 51.9 Å². The van der Waals surface area contributed by atoms with Crippen LogP contribution in [0.1, 0.15) is 77.6 Å². The van der Waals surface area contributed by atoms with Gasteiger partial charge in [-0.3, -0.25) is 0 Å². The molecule has 2 fully saturated rings. The fourth-order valence-electron chi connectivity index (χ4n) is 3.68. The van der Waals surface area contributed by atoms with E-state index in [-0.39, 0.29) is 0 Å². The molecule has 0 aliphatic heterocycles. The Bertz CT molecular complexity index is 188. The van der Waals surface area contributed by atoms with Gasteiger partial charge in [0.05, 0.1) is 0 Å². The van der Waals surface area contributed by atoms with Crippen LogP contribution in [0.4, 0.5) is 0 Å². The predicted octanol–water partition coefficient (Wildman–Crippen LogP) is 4.52. The standard InChI is InChI=1S/C16H31N/c1-2-3-6-14-9-11-15(12-10-14)13-17-16-7-4-5-8-16/h14-17H,2-13H2,1H3. The average Bonchev–Trinajstić information content (AvgIpc) is 2.88. The van der Waals surface area contributed by atoms with Crippen molar-refractivity contribution in [3.05, 3.63) is 0 Å². The SMILES string of the molecule is CCCCC1CCC(CNC2CCCC2)CC1. The summed E-state index contributed by atoms with van der Waals surface area (Å²) in [6.45, 7) is 3.63. The third kappa shape index (κ3) is 4.62. The largest absolute Gasteiger partial charge is 0.314 e. The second-order valence-electron chi connectivity index (χ2n) is 6.42. The molecule has 17 heavy (non-hydrogen) atoms. The highest BCUT2D eigenvalue weighted by Crippen LogP contribution is 2.31. The lowest BCUT2D eigenvalue weighted by atomic mass is 9.80. The third-order valence-corrected chi connectivity index (χ3v) is 4.98. The Kier molecular flexibility index (Phi) is 5.84. The monoisotopic (exact) mass is 237 g/mol. The normalized spacial score (nSPS) is 30.9. The van der Waals surface area contributed by atoms with Crippen molar-refractivity contribution in [1.29, 1.82) is 0 Å². The van der Waals surface area contributed by atoms with E-state index in [0.717, 1.165) is 17.9 Å². The van der Waals surface area contributed by atoms with Gasteiger partial charge in [-0.15, -0.1) is 0 Å². The fraction of sp³-hybridized carbons (Fsp3) is 1.00. The number of hydrogen-bond donors (Lipinski definition) is 1. The Balaban J connectivity index is 1.55. The molecule has 0 spiro atoms. The van der Waals surface area contributed by atoms with Gasteiger partial charge in [-0.25, -0.2) is 0 Å². The summed E-state index contributed by atoms with van der Waals surface area (Å²) in [4.78, 5) is 0. The summed E-state index contributed by atoms with van der Waals surface area (Å²) < 4.78 is 0. The smallest absolute Gasteiger partial charge is 0.00671 e. The Morgan fingerprint density at radius 3 is 2.18 bits per heavy atom. The van der Waals surface area contributed by atoms with Gasteiger partial charge in [0.15, 0.2) is 0 Å². The molecule has 0 atom stereocenters. The Labute approximate surface area is 108 Å². The molecule has 0 unspecified atom stereocenters. The van der Waals surface area contributed by atoms with Crippen LogP contribution in [0.3, 0.4) is 0 Å². The first-order chi connectivity index (χ1) is 8.38. The number of hydrogen-bond acceptors (Lipinski definition) is 1. The number of unbranched alkanes of at least 4 members (excludes halogenated alkanes) is 1. The van der Waals surface area contributed by atoms with E-state index in [1.54, 1.807) is 0 Å². The second-order valence-corrected chi connectivity index (χ2v) is 6.42. The zero-order chi connectivity index (χ0) is 11.9. The minimum absolute atomic E-state index is 0.868. The molecule has 2 aliphatic carbocycles. The summed E-state index contributed by atoms with van der Waals surface area (Å²) in [6, 6.07) is 0.868. The molecule has 0 aromatic heterocycles. The number of rotatable bonds is 6. The van der Waals surface area contributed by atoms with Gasteiger partial charge >= 0.3 is 0 Å². The van der Waals surface area contributed by atoms with E-state index < -0.39 is 0 Å². The molecule has 0 radical (unpaired) electrons. The molecule has 1 nitrogen and oxygen atoms in total. The van der Waals surface area contributed by atoms with Crippen LogP contribution in [0.25, 0.3) is 0 Å². The van der Waals surface area contributed by atoms with E-state index in [1.807, 2.05) is 0 Å². The van der Waals surface area contributed by atoms with Crippen molar-refractivity contribution in [2.45, 2.75) is 83.6 Å². The van der Waals surface area contributed by atoms with Crippen LogP contribution in [0, 0.1) is 11.8 Å². The van der Waals surface area contributed by atoms with Crippen molar-refractivity contribution in [2.24, 2.45) is 11.8 Å². The van der Waals surface area contributed by atoms with Crippen molar-refractivity contribution in [1.82, 2.24) is 5.32 Å². The zero-order valence-electron chi connectivity index (χ0n) is 11.7. The van der Waals surface area contributed by atoms with Crippen molar-refractivity contribution in [2.75, 3.05) is 6.54 Å². The van der Waals surface area contributed by atoms with Crippen molar-refractivity contribution in [3.8, 4) is 0 Å². The quantitative estimate of drug-likeness (QED) is 0.716. The van der Waals surface area contributed by atoms with Gasteiger partial charge in [0.2, 0.25) is 0 Å². The van der Waals surface area contributed by atoms with Gasteiger partial charge in [0, 0.05) is 6.04 Å². The second kappa shape index (κ2) is 7.41. The van der Waals surface area contributed by atoms with E-state index in [9.17, 15) is 0 Å².